The van der Waals surface area contributed by atoms with Crippen LogP contribution in [0.15, 0.2) is 61.1 Å². The average molecular weight is 610 g/mol. The minimum Gasteiger partial charge on any atom is -0.343 e. The number of urea groups is 1. The number of hydrogen-bond donors (Lipinski definition) is 2. The van der Waals surface area contributed by atoms with E-state index in [0.717, 1.165) is 38.8 Å². The number of H-pyrrole nitrogens is 1. The Hall–Kier alpha value is -4.44. The molecule has 2 N–H and O–H groups in total. The molecule has 1 aliphatic carbocycles. The summed E-state index contributed by atoms with van der Waals surface area (Å²) in [7, 11) is 0. The fourth-order valence-electron chi connectivity index (χ4n) is 7.60. The van der Waals surface area contributed by atoms with E-state index in [2.05, 4.69) is 20.5 Å². The van der Waals surface area contributed by atoms with Crippen LogP contribution in [0.25, 0.3) is 10.9 Å². The number of piperidine rings is 1. The van der Waals surface area contributed by atoms with E-state index in [-0.39, 0.29) is 36.2 Å². The third kappa shape index (κ3) is 4.42. The van der Waals surface area contributed by atoms with Gasteiger partial charge in [-0.1, -0.05) is 29.8 Å². The molecule has 4 amide bonds. The fourth-order valence-corrected chi connectivity index (χ4v) is 7.86. The lowest BCUT2D eigenvalue weighted by atomic mass is 9.91. The number of rotatable bonds is 5. The molecule has 2 aromatic carbocycles. The third-order valence-electron chi connectivity index (χ3n) is 10.1. The molecule has 224 valence electrons. The molecular formula is C33H32ClN7O3. The molecule has 0 bridgehead atoms. The van der Waals surface area contributed by atoms with Crippen molar-refractivity contribution in [3.8, 4) is 0 Å². The van der Waals surface area contributed by atoms with Crippen molar-refractivity contribution in [3.05, 3.63) is 88.3 Å². The lowest BCUT2D eigenvalue weighted by molar-refractivity contribution is -0.144. The number of fused-ring (bicyclic) bond motifs is 6. The van der Waals surface area contributed by atoms with Crippen LogP contribution in [0.1, 0.15) is 53.9 Å². The zero-order chi connectivity index (χ0) is 30.0. The second-order valence-electron chi connectivity index (χ2n) is 12.5. The van der Waals surface area contributed by atoms with E-state index in [1.165, 1.54) is 0 Å². The molecule has 1 saturated heterocycles. The van der Waals surface area contributed by atoms with E-state index < -0.39 is 5.41 Å². The average Bonchev–Trinajstić information content (AvgIpc) is 3.55. The van der Waals surface area contributed by atoms with Gasteiger partial charge in [0.05, 0.1) is 22.2 Å². The molecule has 0 spiro atoms. The quantitative estimate of drug-likeness (QED) is 0.328. The van der Waals surface area contributed by atoms with Crippen LogP contribution in [-0.2, 0) is 29.2 Å². The van der Waals surface area contributed by atoms with Crippen molar-refractivity contribution in [2.24, 2.45) is 5.41 Å². The van der Waals surface area contributed by atoms with Crippen molar-refractivity contribution in [3.63, 3.8) is 0 Å². The number of anilines is 1. The normalized spacial score (nSPS) is 23.1. The summed E-state index contributed by atoms with van der Waals surface area (Å²) in [6.07, 6.45) is 7.42. The topological polar surface area (TPSA) is 115 Å². The van der Waals surface area contributed by atoms with Crippen LogP contribution in [0.2, 0.25) is 5.02 Å². The van der Waals surface area contributed by atoms with Gasteiger partial charge in [-0.15, -0.1) is 0 Å². The van der Waals surface area contributed by atoms with Crippen molar-refractivity contribution in [2.45, 2.75) is 57.3 Å². The number of halogens is 1. The highest BCUT2D eigenvalue weighted by atomic mass is 35.5. The molecule has 8 rings (SSSR count). The number of aromatic nitrogens is 3. The van der Waals surface area contributed by atoms with Gasteiger partial charge in [0.2, 0.25) is 11.8 Å². The van der Waals surface area contributed by atoms with E-state index in [0.29, 0.717) is 57.0 Å². The first-order valence-corrected chi connectivity index (χ1v) is 15.5. The molecule has 4 aromatic rings. The summed E-state index contributed by atoms with van der Waals surface area (Å²) >= 11 is 6.68. The van der Waals surface area contributed by atoms with Gasteiger partial charge in [0.1, 0.15) is 0 Å². The van der Waals surface area contributed by atoms with E-state index >= 15 is 0 Å². The maximum absolute atomic E-state index is 14.4. The van der Waals surface area contributed by atoms with Crippen molar-refractivity contribution < 1.29 is 14.4 Å². The Balaban J connectivity index is 1.02. The van der Waals surface area contributed by atoms with Crippen molar-refractivity contribution in [2.75, 3.05) is 18.4 Å². The van der Waals surface area contributed by atoms with Gasteiger partial charge < -0.3 is 20.0 Å². The molecule has 1 saturated carbocycles. The number of para-hydroxylation sites is 1. The number of carbonyl (C=O) groups excluding carboxylic acids is 3. The van der Waals surface area contributed by atoms with Crippen LogP contribution in [0.3, 0.4) is 0 Å². The Morgan fingerprint density at radius 3 is 2.68 bits per heavy atom. The summed E-state index contributed by atoms with van der Waals surface area (Å²) in [4.78, 5) is 50.9. The number of amides is 4. The van der Waals surface area contributed by atoms with Crippen LogP contribution >= 0.6 is 11.6 Å². The van der Waals surface area contributed by atoms with Crippen molar-refractivity contribution in [1.29, 1.82) is 0 Å². The Labute approximate surface area is 259 Å². The van der Waals surface area contributed by atoms with Crippen molar-refractivity contribution >= 4 is 46.0 Å². The second kappa shape index (κ2) is 10.3. The predicted molar refractivity (Wildman–Crippen MR) is 165 cm³/mol. The first-order chi connectivity index (χ1) is 21.4. The maximum Gasteiger partial charge on any atom is 0.322 e. The fraction of sp³-hybridized carbons (Fsp3) is 0.364. The zero-order valence-corrected chi connectivity index (χ0v) is 24.9. The monoisotopic (exact) mass is 609 g/mol. The van der Waals surface area contributed by atoms with E-state index in [1.54, 1.807) is 18.6 Å². The van der Waals surface area contributed by atoms with Crippen LogP contribution in [0.5, 0.6) is 0 Å². The van der Waals surface area contributed by atoms with Gasteiger partial charge in [0.25, 0.3) is 0 Å². The van der Waals surface area contributed by atoms with Gasteiger partial charge in [-0.25, -0.2) is 4.79 Å². The van der Waals surface area contributed by atoms with Crippen LogP contribution < -0.4 is 5.32 Å². The summed E-state index contributed by atoms with van der Waals surface area (Å²) in [5.41, 5.74) is 4.99. The summed E-state index contributed by atoms with van der Waals surface area (Å²) in [5, 5.41) is 11.7. The summed E-state index contributed by atoms with van der Waals surface area (Å²) in [6.45, 7) is 2.53. The number of nitrogens with one attached hydrogen (secondary N) is 2. The lowest BCUT2D eigenvalue weighted by Crippen LogP contribution is -2.51. The number of aromatic amines is 1. The van der Waals surface area contributed by atoms with Gasteiger partial charge in [-0.05, 0) is 65.8 Å². The van der Waals surface area contributed by atoms with Gasteiger partial charge in [0.15, 0.2) is 0 Å². The number of hydrogen-bond acceptors (Lipinski definition) is 5. The number of pyridine rings is 1. The van der Waals surface area contributed by atoms with E-state index in [1.807, 2.05) is 57.2 Å². The number of nitrogens with zero attached hydrogens (tertiary/aromatic N) is 5. The van der Waals surface area contributed by atoms with E-state index in [4.69, 9.17) is 11.6 Å². The molecule has 5 heterocycles. The molecule has 44 heavy (non-hydrogen) atoms. The van der Waals surface area contributed by atoms with Crippen molar-refractivity contribution in [1.82, 2.24) is 29.9 Å². The molecule has 0 radical (unpaired) electrons. The Morgan fingerprint density at radius 1 is 1.07 bits per heavy atom. The largest absolute Gasteiger partial charge is 0.343 e. The minimum atomic E-state index is -0.802. The molecular weight excluding hydrogens is 578 g/mol. The van der Waals surface area contributed by atoms with Crippen LogP contribution in [-0.4, -0.2) is 66.9 Å². The molecule has 0 unspecified atom stereocenters. The van der Waals surface area contributed by atoms with Gasteiger partial charge in [-0.2, -0.15) is 5.10 Å². The molecule has 3 aliphatic heterocycles. The smallest absolute Gasteiger partial charge is 0.322 e. The molecule has 2 fully saturated rings. The Bertz CT molecular complexity index is 1800. The lowest BCUT2D eigenvalue weighted by Gasteiger charge is -2.41. The summed E-state index contributed by atoms with van der Waals surface area (Å²) < 4.78 is 0. The highest BCUT2D eigenvalue weighted by molar-refractivity contribution is 6.35. The number of carbonyl (C=O) groups is 3. The Morgan fingerprint density at radius 2 is 1.86 bits per heavy atom. The maximum atomic E-state index is 14.4. The number of likely N-dealkylation sites (tertiary alicyclic amines) is 1. The van der Waals surface area contributed by atoms with Crippen LogP contribution in [0.4, 0.5) is 10.5 Å². The molecule has 4 aliphatic rings. The molecule has 11 heteroatoms. The second-order valence-corrected chi connectivity index (χ2v) is 12.9. The number of benzene rings is 2. The first kappa shape index (κ1) is 27.1. The zero-order valence-electron chi connectivity index (χ0n) is 24.1. The van der Waals surface area contributed by atoms with E-state index in [9.17, 15) is 14.4 Å². The summed E-state index contributed by atoms with van der Waals surface area (Å²) in [5.74, 6) is -0.0754. The minimum absolute atomic E-state index is 0.00413. The highest BCUT2D eigenvalue weighted by Gasteiger charge is 2.64. The first-order valence-electron chi connectivity index (χ1n) is 15.2. The van der Waals surface area contributed by atoms with Gasteiger partial charge in [-0.3, -0.25) is 19.7 Å². The molecule has 10 nitrogen and oxygen atoms in total. The van der Waals surface area contributed by atoms with Crippen LogP contribution in [0, 0.1) is 5.41 Å². The SMILES string of the molecule is O=C(C[C@@]12C[C@@H]1c1cc(Cl)c3[nH]ncc3c1CN(Cc1ccncc1)C2=O)N1CCC(N2Cc3ccccc3NC2=O)CC1. The van der Waals surface area contributed by atoms with Gasteiger partial charge >= 0.3 is 6.03 Å². The predicted octanol–water partition coefficient (Wildman–Crippen LogP) is 5.06. The van der Waals surface area contributed by atoms with Gasteiger partial charge in [0, 0.05) is 74.6 Å². The highest BCUT2D eigenvalue weighted by Crippen LogP contribution is 2.65. The molecule has 2 atom stereocenters. The third-order valence-corrected chi connectivity index (χ3v) is 10.4. The Kier molecular flexibility index (Phi) is 6.37. The summed E-state index contributed by atoms with van der Waals surface area (Å²) in [6, 6.07) is 13.6. The molecule has 2 aromatic heterocycles. The standard InChI is InChI=1S/C33H32ClN7O3/c34-27-13-23-25(24-16-36-38-30(24)27)19-40(17-20-5-9-35-10-6-20)31(43)33(14-26(23)33)15-29(42)39-11-7-22(8-12-39)41-18-21-3-1-2-4-28(21)37-32(41)44/h1-6,9-10,13,16,22,26H,7-8,11-12,14-15,17-19H2,(H,36,38)(H,37,44)/t26-,33+/m1/s1.